The minimum atomic E-state index is -0.166. The smallest absolute Gasteiger partial charge is 0.0425 e. The molecule has 0 amide bonds. The van der Waals surface area contributed by atoms with Gasteiger partial charge in [-0.05, 0) is 40.5 Å². The molecule has 0 spiro atoms. The molecule has 1 aliphatic rings. The molecule has 0 aromatic heterocycles. The van der Waals surface area contributed by atoms with Gasteiger partial charge in [0.1, 0.15) is 0 Å². The van der Waals surface area contributed by atoms with Crippen LogP contribution in [-0.2, 0) is 0 Å². The van der Waals surface area contributed by atoms with Gasteiger partial charge in [0.05, 0.1) is 0 Å². The molecule has 1 aliphatic heterocycles. The zero-order chi connectivity index (χ0) is 11.7. The zero-order valence-electron chi connectivity index (χ0n) is 10.4. The van der Waals surface area contributed by atoms with Crippen LogP contribution in [0, 0.1) is 0 Å². The van der Waals surface area contributed by atoms with Gasteiger partial charge < -0.3 is 10.5 Å². The van der Waals surface area contributed by atoms with Crippen LogP contribution in [0.5, 0.6) is 0 Å². The van der Waals surface area contributed by atoms with Crippen LogP contribution in [-0.4, -0.2) is 33.9 Å². The fourth-order valence-electron chi connectivity index (χ4n) is 2.66. The SMILES string of the molecule is C=CCNC1CC(C)(C)N(O)C(C)(C)C1. The highest BCUT2D eigenvalue weighted by atomic mass is 16.5. The van der Waals surface area contributed by atoms with E-state index in [1.807, 2.05) is 6.08 Å². The van der Waals surface area contributed by atoms with Crippen LogP contribution >= 0.6 is 0 Å². The first-order valence-electron chi connectivity index (χ1n) is 5.63. The Balaban J connectivity index is 2.70. The van der Waals surface area contributed by atoms with Crippen LogP contribution in [0.2, 0.25) is 0 Å². The van der Waals surface area contributed by atoms with E-state index in [0.717, 1.165) is 19.4 Å². The summed E-state index contributed by atoms with van der Waals surface area (Å²) in [6.07, 6.45) is 3.80. The quantitative estimate of drug-likeness (QED) is 0.704. The number of nitrogens with zero attached hydrogens (tertiary/aromatic N) is 1. The van der Waals surface area contributed by atoms with Crippen molar-refractivity contribution in [2.75, 3.05) is 6.54 Å². The summed E-state index contributed by atoms with van der Waals surface area (Å²) in [7, 11) is 0. The topological polar surface area (TPSA) is 35.5 Å². The summed E-state index contributed by atoms with van der Waals surface area (Å²) in [5, 5.41) is 15.0. The molecule has 0 bridgehead atoms. The van der Waals surface area contributed by atoms with Crippen molar-refractivity contribution in [3.63, 3.8) is 0 Å². The summed E-state index contributed by atoms with van der Waals surface area (Å²) >= 11 is 0. The third kappa shape index (κ3) is 2.80. The molecule has 0 unspecified atom stereocenters. The van der Waals surface area contributed by atoms with Gasteiger partial charge in [0, 0.05) is 23.7 Å². The van der Waals surface area contributed by atoms with Crippen molar-refractivity contribution in [2.45, 2.75) is 57.7 Å². The molecule has 0 aliphatic carbocycles. The van der Waals surface area contributed by atoms with Gasteiger partial charge >= 0.3 is 0 Å². The van der Waals surface area contributed by atoms with Gasteiger partial charge in [0.15, 0.2) is 0 Å². The summed E-state index contributed by atoms with van der Waals surface area (Å²) < 4.78 is 0. The van der Waals surface area contributed by atoms with E-state index in [1.165, 1.54) is 5.06 Å². The van der Waals surface area contributed by atoms with E-state index in [2.05, 4.69) is 39.6 Å². The molecule has 0 aromatic rings. The molecule has 15 heavy (non-hydrogen) atoms. The van der Waals surface area contributed by atoms with Gasteiger partial charge in [-0.25, -0.2) is 0 Å². The fraction of sp³-hybridized carbons (Fsp3) is 0.833. The second-order valence-corrected chi connectivity index (χ2v) is 5.74. The second-order valence-electron chi connectivity index (χ2n) is 5.74. The molecule has 3 heteroatoms. The third-order valence-corrected chi connectivity index (χ3v) is 3.19. The lowest BCUT2D eigenvalue weighted by atomic mass is 9.79. The van der Waals surface area contributed by atoms with Gasteiger partial charge in [0.2, 0.25) is 0 Å². The first-order chi connectivity index (χ1) is 6.79. The lowest BCUT2D eigenvalue weighted by Crippen LogP contribution is -2.62. The number of rotatable bonds is 3. The summed E-state index contributed by atoms with van der Waals surface area (Å²) in [6.45, 7) is 12.9. The molecule has 2 N–H and O–H groups in total. The molecule has 1 heterocycles. The second kappa shape index (κ2) is 4.24. The first-order valence-corrected chi connectivity index (χ1v) is 5.63. The highest BCUT2D eigenvalue weighted by Gasteiger charge is 2.44. The van der Waals surface area contributed by atoms with E-state index in [0.29, 0.717) is 6.04 Å². The van der Waals surface area contributed by atoms with E-state index in [4.69, 9.17) is 0 Å². The van der Waals surface area contributed by atoms with Crippen molar-refractivity contribution in [1.82, 2.24) is 10.4 Å². The van der Waals surface area contributed by atoms with Gasteiger partial charge in [0.25, 0.3) is 0 Å². The minimum Gasteiger partial charge on any atom is -0.313 e. The maximum atomic E-state index is 10.1. The highest BCUT2D eigenvalue weighted by Crippen LogP contribution is 2.36. The minimum absolute atomic E-state index is 0.166. The first kappa shape index (κ1) is 12.7. The Bertz CT molecular complexity index is 218. The van der Waals surface area contributed by atoms with Crippen molar-refractivity contribution < 1.29 is 5.21 Å². The maximum absolute atomic E-state index is 10.1. The van der Waals surface area contributed by atoms with Crippen LogP contribution < -0.4 is 5.32 Å². The average Bonchev–Trinajstić information content (AvgIpc) is 2.10. The van der Waals surface area contributed by atoms with Crippen LogP contribution in [0.15, 0.2) is 12.7 Å². The molecule has 3 nitrogen and oxygen atoms in total. The van der Waals surface area contributed by atoms with E-state index in [-0.39, 0.29) is 11.1 Å². The van der Waals surface area contributed by atoms with Crippen LogP contribution in [0.3, 0.4) is 0 Å². The standard InChI is InChI=1S/C12H24N2O/c1-6-7-13-10-8-11(2,3)14(15)12(4,5)9-10/h6,10,13,15H,1,7-9H2,2-5H3. The van der Waals surface area contributed by atoms with Crippen molar-refractivity contribution in [3.05, 3.63) is 12.7 Å². The Morgan fingerprint density at radius 2 is 1.80 bits per heavy atom. The van der Waals surface area contributed by atoms with Crippen LogP contribution in [0.4, 0.5) is 0 Å². The molecule has 0 atom stereocenters. The Morgan fingerprint density at radius 1 is 1.33 bits per heavy atom. The van der Waals surface area contributed by atoms with E-state index in [9.17, 15) is 5.21 Å². The van der Waals surface area contributed by atoms with Crippen molar-refractivity contribution in [2.24, 2.45) is 0 Å². The molecule has 1 rings (SSSR count). The largest absolute Gasteiger partial charge is 0.313 e. The lowest BCUT2D eigenvalue weighted by Gasteiger charge is -2.51. The average molecular weight is 212 g/mol. The fourth-order valence-corrected chi connectivity index (χ4v) is 2.66. The molecule has 0 saturated carbocycles. The number of piperidine rings is 1. The number of hydroxylamine groups is 2. The van der Waals surface area contributed by atoms with Crippen LogP contribution in [0.25, 0.3) is 0 Å². The van der Waals surface area contributed by atoms with Crippen LogP contribution in [0.1, 0.15) is 40.5 Å². The van der Waals surface area contributed by atoms with E-state index < -0.39 is 0 Å². The van der Waals surface area contributed by atoms with Gasteiger partial charge in [-0.2, -0.15) is 5.06 Å². The summed E-state index contributed by atoms with van der Waals surface area (Å²) in [5.41, 5.74) is -0.332. The predicted molar refractivity (Wildman–Crippen MR) is 63.0 cm³/mol. The summed E-state index contributed by atoms with van der Waals surface area (Å²) in [6, 6.07) is 0.455. The van der Waals surface area contributed by atoms with Crippen molar-refractivity contribution in [3.8, 4) is 0 Å². The molecular weight excluding hydrogens is 188 g/mol. The molecule has 0 aromatic carbocycles. The predicted octanol–water partition coefficient (Wildman–Crippen LogP) is 2.17. The molecule has 88 valence electrons. The highest BCUT2D eigenvalue weighted by molar-refractivity contribution is 4.99. The summed E-state index contributed by atoms with van der Waals surface area (Å²) in [4.78, 5) is 0. The molecule has 0 radical (unpaired) electrons. The van der Waals surface area contributed by atoms with E-state index >= 15 is 0 Å². The van der Waals surface area contributed by atoms with Crippen molar-refractivity contribution >= 4 is 0 Å². The normalized spacial score (nSPS) is 26.5. The molecule has 1 saturated heterocycles. The zero-order valence-corrected chi connectivity index (χ0v) is 10.4. The Kier molecular flexibility index (Phi) is 3.59. The monoisotopic (exact) mass is 212 g/mol. The maximum Gasteiger partial charge on any atom is 0.0425 e. The Morgan fingerprint density at radius 3 is 2.20 bits per heavy atom. The molecular formula is C12H24N2O. The number of hydrogen-bond donors (Lipinski definition) is 2. The lowest BCUT2D eigenvalue weighted by molar-refractivity contribution is -0.246. The number of nitrogens with one attached hydrogen (secondary N) is 1. The molecule has 1 fully saturated rings. The van der Waals surface area contributed by atoms with Gasteiger partial charge in [-0.15, -0.1) is 6.58 Å². The van der Waals surface area contributed by atoms with Gasteiger partial charge in [-0.3, -0.25) is 0 Å². The number of hydrogen-bond acceptors (Lipinski definition) is 3. The van der Waals surface area contributed by atoms with Gasteiger partial charge in [-0.1, -0.05) is 6.08 Å². The Labute approximate surface area is 93.1 Å². The van der Waals surface area contributed by atoms with E-state index in [1.54, 1.807) is 0 Å². The van der Waals surface area contributed by atoms with Crippen molar-refractivity contribution in [1.29, 1.82) is 0 Å². The summed E-state index contributed by atoms with van der Waals surface area (Å²) in [5.74, 6) is 0. The third-order valence-electron chi connectivity index (χ3n) is 3.19. The Hall–Kier alpha value is -0.380.